The van der Waals surface area contributed by atoms with E-state index >= 15 is 0 Å². The molecule has 0 bridgehead atoms. The zero-order chi connectivity index (χ0) is 7.11. The van der Waals surface area contributed by atoms with Crippen LogP contribution >= 0.6 is 0 Å². The summed E-state index contributed by atoms with van der Waals surface area (Å²) in [5, 5.41) is 16.8. The lowest BCUT2D eigenvalue weighted by Gasteiger charge is -2.05. The average molecular weight is 129 g/mol. The van der Waals surface area contributed by atoms with Crippen molar-refractivity contribution in [3.63, 3.8) is 0 Å². The van der Waals surface area contributed by atoms with Gasteiger partial charge in [0, 0.05) is 0 Å². The van der Waals surface area contributed by atoms with Crippen molar-refractivity contribution in [2.45, 2.75) is 26.1 Å². The van der Waals surface area contributed by atoms with E-state index in [1.54, 1.807) is 0 Å². The fourth-order valence-electron chi connectivity index (χ4n) is 0.358. The summed E-state index contributed by atoms with van der Waals surface area (Å²) >= 11 is 0. The summed E-state index contributed by atoms with van der Waals surface area (Å²) in [6.45, 7) is 2.14. The minimum Gasteiger partial charge on any atom is -0.368 e. The minimum atomic E-state index is -0.696. The van der Waals surface area contributed by atoms with Gasteiger partial charge in [-0.25, -0.2) is 0 Å². The van der Waals surface area contributed by atoms with Crippen molar-refractivity contribution >= 4 is 0 Å². The molecule has 9 heavy (non-hydrogen) atoms. The Bertz CT molecular complexity index is 97.7. The second-order valence-corrected chi connectivity index (χ2v) is 1.64. The summed E-state index contributed by atoms with van der Waals surface area (Å²) in [5.41, 5.74) is 0. The summed E-state index contributed by atoms with van der Waals surface area (Å²) < 4.78 is 4.76. The van der Waals surface area contributed by atoms with Crippen LogP contribution in [0.2, 0.25) is 0 Å². The molecule has 0 saturated carbocycles. The molecule has 0 fully saturated rings. The molecule has 0 saturated heterocycles. The van der Waals surface area contributed by atoms with Gasteiger partial charge in [0.25, 0.3) is 0 Å². The molecule has 1 atom stereocenters. The van der Waals surface area contributed by atoms with E-state index in [4.69, 9.17) is 15.1 Å². The SMILES string of the molecule is CCC(O)OCCC#N. The van der Waals surface area contributed by atoms with Gasteiger partial charge >= 0.3 is 0 Å². The molecule has 0 aliphatic rings. The second kappa shape index (κ2) is 5.54. The predicted octanol–water partition coefficient (Wildman–Crippen LogP) is 0.645. The number of nitrogens with zero attached hydrogens (tertiary/aromatic N) is 1. The molecule has 0 aliphatic carbocycles. The van der Waals surface area contributed by atoms with Crippen molar-refractivity contribution in [2.75, 3.05) is 6.61 Å². The molecular weight excluding hydrogens is 118 g/mol. The van der Waals surface area contributed by atoms with Gasteiger partial charge in [-0.2, -0.15) is 5.26 Å². The van der Waals surface area contributed by atoms with Gasteiger partial charge in [-0.05, 0) is 6.42 Å². The van der Waals surface area contributed by atoms with Gasteiger partial charge in [-0.15, -0.1) is 0 Å². The van der Waals surface area contributed by atoms with E-state index in [1.807, 2.05) is 13.0 Å². The number of aliphatic hydroxyl groups excluding tert-OH is 1. The number of nitriles is 1. The topological polar surface area (TPSA) is 53.2 Å². The fraction of sp³-hybridized carbons (Fsp3) is 0.833. The zero-order valence-electron chi connectivity index (χ0n) is 5.50. The number of rotatable bonds is 4. The molecular formula is C6H11NO2. The van der Waals surface area contributed by atoms with E-state index < -0.39 is 6.29 Å². The average Bonchev–Trinajstić information content (AvgIpc) is 1.89. The van der Waals surface area contributed by atoms with Crippen LogP contribution in [0.1, 0.15) is 19.8 Å². The highest BCUT2D eigenvalue weighted by Gasteiger charge is 1.96. The maximum atomic E-state index is 8.75. The monoisotopic (exact) mass is 129 g/mol. The van der Waals surface area contributed by atoms with Crippen LogP contribution in [0.15, 0.2) is 0 Å². The van der Waals surface area contributed by atoms with Crippen LogP contribution in [0.3, 0.4) is 0 Å². The van der Waals surface area contributed by atoms with Crippen LogP contribution in [-0.2, 0) is 4.74 Å². The number of aliphatic hydroxyl groups is 1. The van der Waals surface area contributed by atoms with Gasteiger partial charge in [0.2, 0.25) is 0 Å². The molecule has 0 aromatic heterocycles. The first-order chi connectivity index (χ1) is 4.31. The van der Waals surface area contributed by atoms with E-state index in [1.165, 1.54) is 0 Å². The lowest BCUT2D eigenvalue weighted by Crippen LogP contribution is -2.10. The molecule has 0 radical (unpaired) electrons. The first-order valence-corrected chi connectivity index (χ1v) is 2.98. The second-order valence-electron chi connectivity index (χ2n) is 1.64. The Labute approximate surface area is 54.9 Å². The predicted molar refractivity (Wildman–Crippen MR) is 32.5 cm³/mol. The Morgan fingerprint density at radius 1 is 1.78 bits per heavy atom. The zero-order valence-corrected chi connectivity index (χ0v) is 5.50. The van der Waals surface area contributed by atoms with E-state index in [2.05, 4.69) is 0 Å². The highest BCUT2D eigenvalue weighted by atomic mass is 16.6. The Morgan fingerprint density at radius 3 is 2.89 bits per heavy atom. The summed E-state index contributed by atoms with van der Waals surface area (Å²) in [6, 6.07) is 1.91. The number of ether oxygens (including phenoxy) is 1. The van der Waals surface area contributed by atoms with Crippen molar-refractivity contribution in [1.29, 1.82) is 5.26 Å². The minimum absolute atomic E-state index is 0.325. The molecule has 0 spiro atoms. The van der Waals surface area contributed by atoms with Gasteiger partial charge in [-0.3, -0.25) is 0 Å². The first kappa shape index (κ1) is 8.41. The van der Waals surface area contributed by atoms with E-state index in [9.17, 15) is 0 Å². The molecule has 3 nitrogen and oxygen atoms in total. The highest BCUT2D eigenvalue weighted by Crippen LogP contribution is 1.92. The van der Waals surface area contributed by atoms with Crippen LogP contribution in [0.4, 0.5) is 0 Å². The standard InChI is InChI=1S/C6H11NO2/c1-2-6(8)9-5-3-4-7/h6,8H,2-3,5H2,1H3. The van der Waals surface area contributed by atoms with Gasteiger partial charge in [0.05, 0.1) is 19.1 Å². The summed E-state index contributed by atoms with van der Waals surface area (Å²) in [7, 11) is 0. The van der Waals surface area contributed by atoms with Gasteiger partial charge in [0.15, 0.2) is 6.29 Å². The molecule has 0 heterocycles. The van der Waals surface area contributed by atoms with Crippen LogP contribution < -0.4 is 0 Å². The van der Waals surface area contributed by atoms with E-state index in [0.29, 0.717) is 19.4 Å². The van der Waals surface area contributed by atoms with Crippen molar-refractivity contribution in [3.8, 4) is 6.07 Å². The molecule has 0 aromatic carbocycles. The van der Waals surface area contributed by atoms with Crippen LogP contribution in [0.5, 0.6) is 0 Å². The quantitative estimate of drug-likeness (QED) is 0.447. The van der Waals surface area contributed by atoms with Crippen LogP contribution in [-0.4, -0.2) is 18.0 Å². The smallest absolute Gasteiger partial charge is 0.154 e. The number of hydrogen-bond acceptors (Lipinski definition) is 3. The van der Waals surface area contributed by atoms with E-state index in [-0.39, 0.29) is 0 Å². The summed E-state index contributed by atoms with van der Waals surface area (Å²) in [6.07, 6.45) is 0.223. The molecule has 0 aromatic rings. The molecule has 1 unspecified atom stereocenters. The summed E-state index contributed by atoms with van der Waals surface area (Å²) in [5.74, 6) is 0. The largest absolute Gasteiger partial charge is 0.368 e. The van der Waals surface area contributed by atoms with Gasteiger partial charge in [-0.1, -0.05) is 6.92 Å². The Kier molecular flexibility index (Phi) is 5.18. The lowest BCUT2D eigenvalue weighted by molar-refractivity contribution is -0.0981. The third-order valence-electron chi connectivity index (χ3n) is 0.873. The van der Waals surface area contributed by atoms with Crippen LogP contribution in [0, 0.1) is 11.3 Å². The first-order valence-electron chi connectivity index (χ1n) is 2.98. The van der Waals surface area contributed by atoms with E-state index in [0.717, 1.165) is 0 Å². The summed E-state index contributed by atoms with van der Waals surface area (Å²) in [4.78, 5) is 0. The maximum Gasteiger partial charge on any atom is 0.154 e. The Balaban J connectivity index is 2.99. The number of hydrogen-bond donors (Lipinski definition) is 1. The van der Waals surface area contributed by atoms with Gasteiger partial charge in [0.1, 0.15) is 0 Å². The highest BCUT2D eigenvalue weighted by molar-refractivity contribution is 4.67. The van der Waals surface area contributed by atoms with Gasteiger partial charge < -0.3 is 9.84 Å². The Hall–Kier alpha value is -0.590. The normalized spacial score (nSPS) is 12.6. The molecule has 0 amide bonds. The molecule has 0 rings (SSSR count). The third-order valence-corrected chi connectivity index (χ3v) is 0.873. The molecule has 1 N–H and O–H groups in total. The van der Waals surface area contributed by atoms with Crippen LogP contribution in [0.25, 0.3) is 0 Å². The van der Waals surface area contributed by atoms with Crippen molar-refractivity contribution in [3.05, 3.63) is 0 Å². The van der Waals surface area contributed by atoms with Crippen molar-refractivity contribution < 1.29 is 9.84 Å². The van der Waals surface area contributed by atoms with Crippen molar-refractivity contribution in [1.82, 2.24) is 0 Å². The maximum absolute atomic E-state index is 8.75. The Morgan fingerprint density at radius 2 is 2.44 bits per heavy atom. The lowest BCUT2D eigenvalue weighted by atomic mass is 10.4. The third kappa shape index (κ3) is 5.28. The molecule has 52 valence electrons. The fourth-order valence-corrected chi connectivity index (χ4v) is 0.358. The molecule has 3 heteroatoms. The molecule has 0 aliphatic heterocycles. The van der Waals surface area contributed by atoms with Crippen molar-refractivity contribution in [2.24, 2.45) is 0 Å².